The van der Waals surface area contributed by atoms with Gasteiger partial charge < -0.3 is 5.11 Å². The first-order valence-electron chi connectivity index (χ1n) is 4.12. The van der Waals surface area contributed by atoms with Gasteiger partial charge >= 0.3 is 5.97 Å². The molecule has 5 nitrogen and oxygen atoms in total. The molecule has 0 aliphatic heterocycles. The van der Waals surface area contributed by atoms with Crippen molar-refractivity contribution in [1.82, 2.24) is 14.8 Å². The first-order valence-corrected chi connectivity index (χ1v) is 4.56. The van der Waals surface area contributed by atoms with Crippen molar-refractivity contribution in [2.45, 2.75) is 5.16 Å². The number of para-hydroxylation sites is 1. The number of thiol groups is 1. The Balaban J connectivity index is 2.63. The van der Waals surface area contributed by atoms with Gasteiger partial charge in [0, 0.05) is 0 Å². The van der Waals surface area contributed by atoms with Crippen molar-refractivity contribution in [1.29, 1.82) is 0 Å². The average Bonchev–Trinajstić information content (AvgIpc) is 2.64. The minimum absolute atomic E-state index is 0.188. The Morgan fingerprint density at radius 2 is 2.13 bits per heavy atom. The highest BCUT2D eigenvalue weighted by Gasteiger charge is 2.12. The number of hydrogen-bond donors (Lipinski definition) is 2. The smallest absolute Gasteiger partial charge is 0.337 e. The standard InChI is InChI=1S/C9H7N3O2S/c13-8(14)6-3-1-2-4-7(6)12-5-10-11-9(12)15/h1-5H,(H,11,15)(H,13,14). The molecule has 6 heteroatoms. The number of carboxylic acids is 1. The van der Waals surface area contributed by atoms with Gasteiger partial charge in [-0.2, -0.15) is 0 Å². The molecule has 0 aliphatic carbocycles. The van der Waals surface area contributed by atoms with Crippen molar-refractivity contribution in [3.05, 3.63) is 36.2 Å². The van der Waals surface area contributed by atoms with Crippen LogP contribution in [0.3, 0.4) is 0 Å². The van der Waals surface area contributed by atoms with Crippen molar-refractivity contribution in [2.75, 3.05) is 0 Å². The van der Waals surface area contributed by atoms with Gasteiger partial charge in [0.25, 0.3) is 0 Å². The number of benzene rings is 1. The van der Waals surface area contributed by atoms with Crippen molar-refractivity contribution in [3.63, 3.8) is 0 Å². The summed E-state index contributed by atoms with van der Waals surface area (Å²) in [5.41, 5.74) is 0.688. The molecule has 76 valence electrons. The molecule has 0 spiro atoms. The maximum absolute atomic E-state index is 10.9. The second-order valence-corrected chi connectivity index (χ2v) is 3.22. The van der Waals surface area contributed by atoms with E-state index in [1.807, 2.05) is 0 Å². The van der Waals surface area contributed by atoms with Crippen molar-refractivity contribution >= 4 is 18.6 Å². The van der Waals surface area contributed by atoms with Crippen LogP contribution in [0.1, 0.15) is 10.4 Å². The van der Waals surface area contributed by atoms with Gasteiger partial charge in [-0.05, 0) is 12.1 Å². The molecule has 0 aliphatic rings. The van der Waals surface area contributed by atoms with Crippen LogP contribution in [0.25, 0.3) is 5.69 Å². The van der Waals surface area contributed by atoms with E-state index in [2.05, 4.69) is 22.8 Å². The lowest BCUT2D eigenvalue weighted by atomic mass is 10.2. The number of carbonyl (C=O) groups is 1. The van der Waals surface area contributed by atoms with Crippen LogP contribution in [-0.4, -0.2) is 25.8 Å². The van der Waals surface area contributed by atoms with Crippen molar-refractivity contribution in [3.8, 4) is 5.69 Å². The number of aromatic nitrogens is 3. The number of hydrogen-bond acceptors (Lipinski definition) is 4. The summed E-state index contributed by atoms with van der Waals surface area (Å²) in [4.78, 5) is 10.9. The number of aromatic carboxylic acids is 1. The largest absolute Gasteiger partial charge is 0.478 e. The topological polar surface area (TPSA) is 68.0 Å². The van der Waals surface area contributed by atoms with Crippen LogP contribution < -0.4 is 0 Å². The third-order valence-corrected chi connectivity index (χ3v) is 2.23. The van der Waals surface area contributed by atoms with Crippen molar-refractivity contribution < 1.29 is 9.90 Å². The molecule has 1 aromatic carbocycles. The summed E-state index contributed by atoms with van der Waals surface area (Å²) in [7, 11) is 0. The van der Waals surface area contributed by atoms with E-state index in [9.17, 15) is 4.79 Å². The molecule has 1 N–H and O–H groups in total. The van der Waals surface area contributed by atoms with E-state index in [1.54, 1.807) is 18.2 Å². The Morgan fingerprint density at radius 1 is 1.40 bits per heavy atom. The minimum atomic E-state index is -0.993. The van der Waals surface area contributed by atoms with Crippen LogP contribution in [0.4, 0.5) is 0 Å². The quantitative estimate of drug-likeness (QED) is 0.749. The summed E-state index contributed by atoms with van der Waals surface area (Å²) >= 11 is 4.07. The average molecular weight is 221 g/mol. The molecule has 0 saturated heterocycles. The molecular formula is C9H7N3O2S. The van der Waals surface area contributed by atoms with E-state index >= 15 is 0 Å². The molecule has 0 unspecified atom stereocenters. The summed E-state index contributed by atoms with van der Waals surface area (Å²) in [6, 6.07) is 6.60. The van der Waals surface area contributed by atoms with E-state index in [-0.39, 0.29) is 5.56 Å². The monoisotopic (exact) mass is 221 g/mol. The molecule has 0 atom stereocenters. The van der Waals surface area contributed by atoms with E-state index in [0.29, 0.717) is 10.8 Å². The number of rotatable bonds is 2. The van der Waals surface area contributed by atoms with Gasteiger partial charge in [0.1, 0.15) is 6.33 Å². The second-order valence-electron chi connectivity index (χ2n) is 2.82. The summed E-state index contributed by atoms with van der Waals surface area (Å²) in [6.07, 6.45) is 1.42. The molecule has 0 bridgehead atoms. The number of carboxylic acid groups (broad SMARTS) is 1. The lowest BCUT2D eigenvalue weighted by molar-refractivity contribution is 0.0697. The Kier molecular flexibility index (Phi) is 2.42. The van der Waals surface area contributed by atoms with E-state index in [0.717, 1.165) is 0 Å². The Labute approximate surface area is 90.8 Å². The highest BCUT2D eigenvalue weighted by atomic mass is 32.1. The van der Waals surface area contributed by atoms with Crippen molar-refractivity contribution in [2.24, 2.45) is 0 Å². The predicted molar refractivity (Wildman–Crippen MR) is 55.6 cm³/mol. The van der Waals surface area contributed by atoms with Gasteiger partial charge in [-0.1, -0.05) is 12.1 Å². The van der Waals surface area contributed by atoms with Gasteiger partial charge in [0.05, 0.1) is 11.3 Å². The van der Waals surface area contributed by atoms with Crippen LogP contribution in [0, 0.1) is 0 Å². The molecule has 0 amide bonds. The molecule has 2 aromatic rings. The molecular weight excluding hydrogens is 214 g/mol. The SMILES string of the molecule is O=C(O)c1ccccc1-n1cnnc1S. The van der Waals surface area contributed by atoms with E-state index in [4.69, 9.17) is 5.11 Å². The molecule has 1 heterocycles. The van der Waals surface area contributed by atoms with Crippen LogP contribution in [0.5, 0.6) is 0 Å². The molecule has 0 saturated carbocycles. The maximum Gasteiger partial charge on any atom is 0.337 e. The maximum atomic E-state index is 10.9. The van der Waals surface area contributed by atoms with Crippen LogP contribution in [0.15, 0.2) is 35.7 Å². The van der Waals surface area contributed by atoms with E-state index in [1.165, 1.54) is 17.0 Å². The molecule has 0 radical (unpaired) electrons. The van der Waals surface area contributed by atoms with Gasteiger partial charge in [0.2, 0.25) is 0 Å². The van der Waals surface area contributed by atoms with Gasteiger partial charge in [-0.3, -0.25) is 4.57 Å². The van der Waals surface area contributed by atoms with Gasteiger partial charge in [-0.15, -0.1) is 22.8 Å². The van der Waals surface area contributed by atoms with Crippen LogP contribution in [0.2, 0.25) is 0 Å². The summed E-state index contributed by atoms with van der Waals surface area (Å²) in [6.45, 7) is 0. The zero-order valence-corrected chi connectivity index (χ0v) is 8.43. The third-order valence-electron chi connectivity index (χ3n) is 1.92. The first kappa shape index (κ1) is 9.72. The zero-order valence-electron chi connectivity index (χ0n) is 7.53. The predicted octanol–water partition coefficient (Wildman–Crippen LogP) is 1.25. The summed E-state index contributed by atoms with van der Waals surface area (Å²) in [5, 5.41) is 16.6. The molecule has 15 heavy (non-hydrogen) atoms. The fourth-order valence-electron chi connectivity index (χ4n) is 1.26. The Hall–Kier alpha value is -1.82. The Morgan fingerprint density at radius 3 is 2.73 bits per heavy atom. The van der Waals surface area contributed by atoms with Crippen LogP contribution >= 0.6 is 12.6 Å². The molecule has 1 aromatic heterocycles. The lowest BCUT2D eigenvalue weighted by Gasteiger charge is -2.06. The fourth-order valence-corrected chi connectivity index (χ4v) is 1.47. The summed E-state index contributed by atoms with van der Waals surface area (Å²) in [5.74, 6) is -0.993. The highest BCUT2D eigenvalue weighted by Crippen LogP contribution is 2.16. The highest BCUT2D eigenvalue weighted by molar-refractivity contribution is 7.80. The first-order chi connectivity index (χ1) is 7.20. The van der Waals surface area contributed by atoms with Gasteiger partial charge in [0.15, 0.2) is 5.16 Å². The van der Waals surface area contributed by atoms with Crippen LogP contribution in [-0.2, 0) is 0 Å². The lowest BCUT2D eigenvalue weighted by Crippen LogP contribution is -2.04. The third kappa shape index (κ3) is 1.71. The zero-order chi connectivity index (χ0) is 10.8. The summed E-state index contributed by atoms with van der Waals surface area (Å²) < 4.78 is 1.51. The fraction of sp³-hybridized carbons (Fsp3) is 0. The van der Waals surface area contributed by atoms with Gasteiger partial charge in [-0.25, -0.2) is 4.79 Å². The normalized spacial score (nSPS) is 10.2. The van der Waals surface area contributed by atoms with E-state index < -0.39 is 5.97 Å². The Bertz CT molecular complexity index is 510. The number of nitrogens with zero attached hydrogens (tertiary/aromatic N) is 3. The second kappa shape index (κ2) is 3.74. The minimum Gasteiger partial charge on any atom is -0.478 e. The molecule has 0 fully saturated rings. The molecule has 2 rings (SSSR count).